The number of phenolic OH excluding ortho intramolecular Hbond substituents is 2. The molecule has 3 rings (SSSR count). The summed E-state index contributed by atoms with van der Waals surface area (Å²) in [4.78, 5) is 0. The van der Waals surface area contributed by atoms with Crippen LogP contribution in [0.5, 0.6) is 11.5 Å². The van der Waals surface area contributed by atoms with Gasteiger partial charge in [-0.1, -0.05) is 43.3 Å². The second-order valence-electron chi connectivity index (χ2n) is 5.56. The Morgan fingerprint density at radius 1 is 0.762 bits per heavy atom. The maximum Gasteiger partial charge on any atom is 0.116 e. The highest BCUT2D eigenvalue weighted by Crippen LogP contribution is 2.27. The SMILES string of the molecule is CC(Cc1ccc(O)cc1)c1ccc2cc(O)ccc2c1. The number of hydrogen-bond acceptors (Lipinski definition) is 2. The Kier molecular flexibility index (Phi) is 3.53. The van der Waals surface area contributed by atoms with Crippen LogP contribution >= 0.6 is 0 Å². The summed E-state index contributed by atoms with van der Waals surface area (Å²) in [6.45, 7) is 2.20. The number of rotatable bonds is 3. The second-order valence-corrected chi connectivity index (χ2v) is 5.56. The van der Waals surface area contributed by atoms with Gasteiger partial charge in [-0.25, -0.2) is 0 Å². The first-order valence-corrected chi connectivity index (χ1v) is 7.12. The lowest BCUT2D eigenvalue weighted by atomic mass is 9.92. The van der Waals surface area contributed by atoms with Gasteiger partial charge in [-0.3, -0.25) is 0 Å². The number of fused-ring (bicyclic) bond motifs is 1. The fourth-order valence-corrected chi connectivity index (χ4v) is 2.66. The number of hydrogen-bond donors (Lipinski definition) is 2. The maximum atomic E-state index is 9.51. The molecule has 0 aliphatic rings. The largest absolute Gasteiger partial charge is 0.508 e. The molecule has 2 nitrogen and oxygen atoms in total. The van der Waals surface area contributed by atoms with E-state index in [1.54, 1.807) is 24.3 Å². The minimum absolute atomic E-state index is 0.299. The van der Waals surface area contributed by atoms with E-state index in [-0.39, 0.29) is 0 Å². The molecule has 0 spiro atoms. The van der Waals surface area contributed by atoms with Crippen LogP contribution < -0.4 is 0 Å². The Morgan fingerprint density at radius 2 is 1.38 bits per heavy atom. The molecule has 0 fully saturated rings. The summed E-state index contributed by atoms with van der Waals surface area (Å²) >= 11 is 0. The number of benzene rings is 3. The Labute approximate surface area is 124 Å². The lowest BCUT2D eigenvalue weighted by Crippen LogP contribution is -1.98. The van der Waals surface area contributed by atoms with Gasteiger partial charge in [0.15, 0.2) is 0 Å². The van der Waals surface area contributed by atoms with Crippen molar-refractivity contribution in [3.63, 3.8) is 0 Å². The Morgan fingerprint density at radius 3 is 2.14 bits per heavy atom. The molecule has 0 bridgehead atoms. The molecular weight excluding hydrogens is 260 g/mol. The van der Waals surface area contributed by atoms with Crippen LogP contribution in [0.2, 0.25) is 0 Å². The molecule has 0 radical (unpaired) electrons. The molecule has 0 aliphatic carbocycles. The van der Waals surface area contributed by atoms with E-state index >= 15 is 0 Å². The van der Waals surface area contributed by atoms with Crippen molar-refractivity contribution in [3.8, 4) is 11.5 Å². The minimum atomic E-state index is 0.299. The zero-order valence-electron chi connectivity index (χ0n) is 12.0. The number of phenols is 2. The van der Waals surface area contributed by atoms with Gasteiger partial charge in [-0.15, -0.1) is 0 Å². The molecule has 0 aromatic heterocycles. The first-order valence-electron chi connectivity index (χ1n) is 7.12. The molecular formula is C19H18O2. The van der Waals surface area contributed by atoms with Gasteiger partial charge in [0.1, 0.15) is 11.5 Å². The van der Waals surface area contributed by atoms with Crippen molar-refractivity contribution in [1.29, 1.82) is 0 Å². The van der Waals surface area contributed by atoms with E-state index in [1.165, 1.54) is 11.1 Å². The molecule has 106 valence electrons. The van der Waals surface area contributed by atoms with Crippen LogP contribution in [0.1, 0.15) is 24.0 Å². The predicted molar refractivity (Wildman–Crippen MR) is 85.8 cm³/mol. The number of aromatic hydroxyl groups is 2. The summed E-state index contributed by atoms with van der Waals surface area (Å²) in [5.74, 6) is 0.997. The van der Waals surface area contributed by atoms with Crippen molar-refractivity contribution in [1.82, 2.24) is 0 Å². The topological polar surface area (TPSA) is 40.5 Å². The van der Waals surface area contributed by atoms with E-state index in [2.05, 4.69) is 25.1 Å². The maximum absolute atomic E-state index is 9.51. The van der Waals surface area contributed by atoms with Crippen molar-refractivity contribution < 1.29 is 10.2 Å². The molecule has 0 saturated heterocycles. The summed E-state index contributed by atoms with van der Waals surface area (Å²) in [5.41, 5.74) is 2.49. The standard InChI is InChI=1S/C19H18O2/c1-13(10-14-2-7-18(20)8-3-14)15-4-5-17-12-19(21)9-6-16(17)11-15/h2-9,11-13,20-21H,10H2,1H3. The highest BCUT2D eigenvalue weighted by Gasteiger charge is 2.08. The lowest BCUT2D eigenvalue weighted by molar-refractivity contribution is 0.474. The average molecular weight is 278 g/mol. The predicted octanol–water partition coefficient (Wildman–Crippen LogP) is 4.60. The molecule has 0 saturated carbocycles. The monoisotopic (exact) mass is 278 g/mol. The summed E-state index contributed by atoms with van der Waals surface area (Å²) in [6, 6.07) is 19.2. The van der Waals surface area contributed by atoms with Gasteiger partial charge in [0.2, 0.25) is 0 Å². The van der Waals surface area contributed by atoms with Gasteiger partial charge in [0.25, 0.3) is 0 Å². The first kappa shape index (κ1) is 13.5. The van der Waals surface area contributed by atoms with E-state index < -0.39 is 0 Å². The van der Waals surface area contributed by atoms with Gasteiger partial charge in [-0.2, -0.15) is 0 Å². The molecule has 0 aliphatic heterocycles. The van der Waals surface area contributed by atoms with Crippen LogP contribution in [-0.4, -0.2) is 10.2 Å². The van der Waals surface area contributed by atoms with Crippen LogP contribution in [-0.2, 0) is 6.42 Å². The van der Waals surface area contributed by atoms with Crippen LogP contribution in [0.4, 0.5) is 0 Å². The quantitative estimate of drug-likeness (QED) is 0.735. The smallest absolute Gasteiger partial charge is 0.116 e. The normalized spacial score (nSPS) is 12.4. The molecule has 0 amide bonds. The molecule has 21 heavy (non-hydrogen) atoms. The van der Waals surface area contributed by atoms with Crippen LogP contribution in [0.3, 0.4) is 0 Å². The molecule has 1 atom stereocenters. The van der Waals surface area contributed by atoms with Crippen LogP contribution in [0.25, 0.3) is 10.8 Å². The van der Waals surface area contributed by atoms with E-state index in [4.69, 9.17) is 0 Å². The van der Waals surface area contributed by atoms with Crippen molar-refractivity contribution in [2.24, 2.45) is 0 Å². The molecule has 2 N–H and O–H groups in total. The summed E-state index contributed by atoms with van der Waals surface area (Å²) in [7, 11) is 0. The van der Waals surface area contributed by atoms with Gasteiger partial charge in [-0.05, 0) is 58.5 Å². The van der Waals surface area contributed by atoms with E-state index in [0.717, 1.165) is 17.2 Å². The van der Waals surface area contributed by atoms with Crippen molar-refractivity contribution in [2.45, 2.75) is 19.3 Å². The van der Waals surface area contributed by atoms with Gasteiger partial charge in [0.05, 0.1) is 0 Å². The Bertz CT molecular complexity index is 760. The zero-order chi connectivity index (χ0) is 14.8. The third-order valence-corrected chi connectivity index (χ3v) is 3.90. The van der Waals surface area contributed by atoms with Gasteiger partial charge >= 0.3 is 0 Å². The zero-order valence-corrected chi connectivity index (χ0v) is 12.0. The highest BCUT2D eigenvalue weighted by atomic mass is 16.3. The minimum Gasteiger partial charge on any atom is -0.508 e. The third kappa shape index (κ3) is 3.00. The molecule has 0 heterocycles. The van der Waals surface area contributed by atoms with Crippen molar-refractivity contribution >= 4 is 10.8 Å². The summed E-state index contributed by atoms with van der Waals surface area (Å²) < 4.78 is 0. The average Bonchev–Trinajstić information content (AvgIpc) is 2.49. The molecule has 1 unspecified atom stereocenters. The summed E-state index contributed by atoms with van der Waals surface area (Å²) in [6.07, 6.45) is 0.934. The van der Waals surface area contributed by atoms with Crippen LogP contribution in [0.15, 0.2) is 60.7 Å². The van der Waals surface area contributed by atoms with Crippen molar-refractivity contribution in [3.05, 3.63) is 71.8 Å². The van der Waals surface area contributed by atoms with Crippen LogP contribution in [0, 0.1) is 0 Å². The van der Waals surface area contributed by atoms with Crippen molar-refractivity contribution in [2.75, 3.05) is 0 Å². The molecule has 2 heteroatoms. The van der Waals surface area contributed by atoms with Gasteiger partial charge in [0, 0.05) is 0 Å². The van der Waals surface area contributed by atoms with E-state index in [0.29, 0.717) is 17.4 Å². The first-order chi connectivity index (χ1) is 10.1. The summed E-state index contributed by atoms with van der Waals surface area (Å²) in [5, 5.41) is 21.0. The third-order valence-electron chi connectivity index (χ3n) is 3.90. The highest BCUT2D eigenvalue weighted by molar-refractivity contribution is 5.84. The molecule has 3 aromatic rings. The fraction of sp³-hybridized carbons (Fsp3) is 0.158. The lowest BCUT2D eigenvalue weighted by Gasteiger charge is -2.13. The second kappa shape index (κ2) is 5.49. The van der Waals surface area contributed by atoms with E-state index in [9.17, 15) is 10.2 Å². The fourth-order valence-electron chi connectivity index (χ4n) is 2.66. The van der Waals surface area contributed by atoms with Gasteiger partial charge < -0.3 is 10.2 Å². The Balaban J connectivity index is 1.85. The molecule has 3 aromatic carbocycles. The van der Waals surface area contributed by atoms with E-state index in [1.807, 2.05) is 18.2 Å². The Hall–Kier alpha value is -2.48.